The lowest BCUT2D eigenvalue weighted by Crippen LogP contribution is -2.12. The first-order valence-corrected chi connectivity index (χ1v) is 6.74. The van der Waals surface area contributed by atoms with Crippen molar-refractivity contribution >= 4 is 17.3 Å². The number of hydrogen-bond donors (Lipinski definition) is 1. The second-order valence-corrected chi connectivity index (χ2v) is 5.31. The monoisotopic (exact) mass is 274 g/mol. The van der Waals surface area contributed by atoms with Crippen LogP contribution >= 0.6 is 11.6 Å². The third-order valence-corrected chi connectivity index (χ3v) is 3.15. The van der Waals surface area contributed by atoms with E-state index in [0.29, 0.717) is 0 Å². The van der Waals surface area contributed by atoms with Crippen LogP contribution in [-0.2, 0) is 13.1 Å². The molecule has 2 nitrogen and oxygen atoms in total. The summed E-state index contributed by atoms with van der Waals surface area (Å²) in [7, 11) is 4.16. The zero-order valence-electron chi connectivity index (χ0n) is 11.4. The first-order valence-electron chi connectivity index (χ1n) is 6.36. The molecule has 19 heavy (non-hydrogen) atoms. The van der Waals surface area contributed by atoms with E-state index in [1.807, 2.05) is 24.3 Å². The summed E-state index contributed by atoms with van der Waals surface area (Å²) >= 11 is 5.89. The predicted octanol–water partition coefficient (Wildman–Crippen LogP) is 4.01. The average molecular weight is 275 g/mol. The van der Waals surface area contributed by atoms with E-state index in [1.54, 1.807) is 0 Å². The smallest absolute Gasteiger partial charge is 0.0406 e. The highest BCUT2D eigenvalue weighted by molar-refractivity contribution is 6.30. The van der Waals surface area contributed by atoms with Crippen LogP contribution in [0.4, 0.5) is 5.69 Å². The molecule has 0 radical (unpaired) electrons. The molecule has 0 unspecified atom stereocenters. The number of hydrogen-bond acceptors (Lipinski definition) is 2. The molecule has 0 atom stereocenters. The molecule has 0 saturated carbocycles. The van der Waals surface area contributed by atoms with Gasteiger partial charge in [0.05, 0.1) is 0 Å². The number of para-hydroxylation sites is 1. The Labute approximate surface area is 120 Å². The van der Waals surface area contributed by atoms with Crippen LogP contribution in [0, 0.1) is 0 Å². The Morgan fingerprint density at radius 2 is 1.68 bits per heavy atom. The molecule has 0 saturated heterocycles. The van der Waals surface area contributed by atoms with Gasteiger partial charge in [-0.1, -0.05) is 41.9 Å². The molecule has 2 aromatic rings. The van der Waals surface area contributed by atoms with Crippen molar-refractivity contribution in [1.29, 1.82) is 0 Å². The van der Waals surface area contributed by atoms with Gasteiger partial charge in [0.2, 0.25) is 0 Å². The summed E-state index contributed by atoms with van der Waals surface area (Å²) < 4.78 is 0. The van der Waals surface area contributed by atoms with E-state index in [9.17, 15) is 0 Å². The Hall–Kier alpha value is -1.51. The molecule has 0 heterocycles. The Bertz CT molecular complexity index is 521. The summed E-state index contributed by atoms with van der Waals surface area (Å²) in [6, 6.07) is 16.3. The molecule has 1 N–H and O–H groups in total. The van der Waals surface area contributed by atoms with Crippen molar-refractivity contribution in [2.24, 2.45) is 0 Å². The van der Waals surface area contributed by atoms with Gasteiger partial charge < -0.3 is 10.2 Å². The highest BCUT2D eigenvalue weighted by Gasteiger charge is 2.02. The molecular formula is C16H19ClN2. The summed E-state index contributed by atoms with van der Waals surface area (Å²) in [5.74, 6) is 0. The van der Waals surface area contributed by atoms with Crippen molar-refractivity contribution in [3.63, 3.8) is 0 Å². The van der Waals surface area contributed by atoms with Crippen molar-refractivity contribution in [2.75, 3.05) is 19.4 Å². The van der Waals surface area contributed by atoms with Crippen LogP contribution in [0.25, 0.3) is 0 Å². The van der Waals surface area contributed by atoms with E-state index in [1.165, 1.54) is 16.8 Å². The standard InChI is InChI=1S/C16H19ClN2/c1-19(2)12-14-5-3-4-6-16(14)18-11-13-7-9-15(17)10-8-13/h3-10,18H,11-12H2,1-2H3. The largest absolute Gasteiger partial charge is 0.381 e. The molecular weight excluding hydrogens is 256 g/mol. The van der Waals surface area contributed by atoms with E-state index in [4.69, 9.17) is 11.6 Å². The van der Waals surface area contributed by atoms with Gasteiger partial charge in [-0.2, -0.15) is 0 Å². The highest BCUT2D eigenvalue weighted by atomic mass is 35.5. The van der Waals surface area contributed by atoms with Gasteiger partial charge in [0.1, 0.15) is 0 Å². The molecule has 3 heteroatoms. The molecule has 0 fully saturated rings. The van der Waals surface area contributed by atoms with Crippen molar-refractivity contribution in [2.45, 2.75) is 13.1 Å². The van der Waals surface area contributed by atoms with Gasteiger partial charge in [0.15, 0.2) is 0 Å². The third kappa shape index (κ3) is 4.27. The minimum absolute atomic E-state index is 0.775. The summed E-state index contributed by atoms with van der Waals surface area (Å²) in [5.41, 5.74) is 3.72. The van der Waals surface area contributed by atoms with Crippen LogP contribution in [0.2, 0.25) is 5.02 Å². The van der Waals surface area contributed by atoms with E-state index in [2.05, 4.69) is 48.6 Å². The van der Waals surface area contributed by atoms with Gasteiger partial charge >= 0.3 is 0 Å². The lowest BCUT2D eigenvalue weighted by atomic mass is 10.1. The molecule has 0 bridgehead atoms. The molecule has 2 aromatic carbocycles. The number of halogens is 1. The van der Waals surface area contributed by atoms with Crippen molar-refractivity contribution in [3.05, 3.63) is 64.7 Å². The van der Waals surface area contributed by atoms with Crippen LogP contribution in [-0.4, -0.2) is 19.0 Å². The van der Waals surface area contributed by atoms with Crippen LogP contribution < -0.4 is 5.32 Å². The van der Waals surface area contributed by atoms with E-state index < -0.39 is 0 Å². The molecule has 0 spiro atoms. The summed E-state index contributed by atoms with van der Waals surface area (Å²) in [6.07, 6.45) is 0. The molecule has 0 aromatic heterocycles. The minimum Gasteiger partial charge on any atom is -0.381 e. The Morgan fingerprint density at radius 1 is 1.00 bits per heavy atom. The van der Waals surface area contributed by atoms with E-state index >= 15 is 0 Å². The fourth-order valence-corrected chi connectivity index (χ4v) is 2.10. The molecule has 100 valence electrons. The lowest BCUT2D eigenvalue weighted by molar-refractivity contribution is 0.403. The maximum atomic E-state index is 5.89. The zero-order chi connectivity index (χ0) is 13.7. The maximum Gasteiger partial charge on any atom is 0.0406 e. The quantitative estimate of drug-likeness (QED) is 0.886. The Kier molecular flexibility index (Phi) is 4.83. The van der Waals surface area contributed by atoms with Gasteiger partial charge in [0, 0.05) is 23.8 Å². The molecule has 0 aliphatic rings. The normalized spacial score (nSPS) is 10.7. The second-order valence-electron chi connectivity index (χ2n) is 4.87. The number of rotatable bonds is 5. The van der Waals surface area contributed by atoms with Gasteiger partial charge in [-0.15, -0.1) is 0 Å². The van der Waals surface area contributed by atoms with Crippen molar-refractivity contribution < 1.29 is 0 Å². The first-order chi connectivity index (χ1) is 9.15. The van der Waals surface area contributed by atoms with Crippen molar-refractivity contribution in [3.8, 4) is 0 Å². The van der Waals surface area contributed by atoms with Crippen LogP contribution in [0.3, 0.4) is 0 Å². The van der Waals surface area contributed by atoms with Crippen LogP contribution in [0.15, 0.2) is 48.5 Å². The minimum atomic E-state index is 0.775. The molecule has 2 rings (SSSR count). The van der Waals surface area contributed by atoms with Crippen LogP contribution in [0.1, 0.15) is 11.1 Å². The third-order valence-electron chi connectivity index (χ3n) is 2.90. The van der Waals surface area contributed by atoms with Crippen LogP contribution in [0.5, 0.6) is 0 Å². The number of benzene rings is 2. The summed E-state index contributed by atoms with van der Waals surface area (Å²) in [6.45, 7) is 1.74. The van der Waals surface area contributed by atoms with Gasteiger partial charge in [-0.3, -0.25) is 0 Å². The first kappa shape index (κ1) is 13.9. The van der Waals surface area contributed by atoms with Crippen molar-refractivity contribution in [1.82, 2.24) is 4.90 Å². The lowest BCUT2D eigenvalue weighted by Gasteiger charge is -2.15. The average Bonchev–Trinajstić information content (AvgIpc) is 2.39. The highest BCUT2D eigenvalue weighted by Crippen LogP contribution is 2.18. The van der Waals surface area contributed by atoms with Gasteiger partial charge in [0.25, 0.3) is 0 Å². The van der Waals surface area contributed by atoms with E-state index in [-0.39, 0.29) is 0 Å². The molecule has 0 aliphatic carbocycles. The maximum absolute atomic E-state index is 5.89. The second kappa shape index (κ2) is 6.60. The number of nitrogens with zero attached hydrogens (tertiary/aromatic N) is 1. The SMILES string of the molecule is CN(C)Cc1ccccc1NCc1ccc(Cl)cc1. The molecule has 0 amide bonds. The Balaban J connectivity index is 2.04. The fourth-order valence-electron chi connectivity index (χ4n) is 1.97. The fraction of sp³-hybridized carbons (Fsp3) is 0.250. The number of nitrogens with one attached hydrogen (secondary N) is 1. The van der Waals surface area contributed by atoms with E-state index in [0.717, 1.165) is 18.1 Å². The van der Waals surface area contributed by atoms with Gasteiger partial charge in [-0.25, -0.2) is 0 Å². The molecule has 0 aliphatic heterocycles. The number of anilines is 1. The predicted molar refractivity (Wildman–Crippen MR) is 82.6 cm³/mol. The Morgan fingerprint density at radius 3 is 2.37 bits per heavy atom. The zero-order valence-corrected chi connectivity index (χ0v) is 12.1. The topological polar surface area (TPSA) is 15.3 Å². The summed E-state index contributed by atoms with van der Waals surface area (Å²) in [5, 5.41) is 4.26. The van der Waals surface area contributed by atoms with Gasteiger partial charge in [-0.05, 0) is 43.4 Å². The summed E-state index contributed by atoms with van der Waals surface area (Å²) in [4.78, 5) is 2.17.